The van der Waals surface area contributed by atoms with Gasteiger partial charge in [-0.05, 0) is 13.0 Å². The molecule has 0 saturated heterocycles. The predicted molar refractivity (Wildman–Crippen MR) is 54.7 cm³/mol. The molecule has 66 valence electrons. The Morgan fingerprint density at radius 1 is 1.23 bits per heavy atom. The largest absolute Gasteiger partial charge is 0.305 e. The summed E-state index contributed by atoms with van der Waals surface area (Å²) in [4.78, 5) is 0. The van der Waals surface area contributed by atoms with Crippen molar-refractivity contribution < 1.29 is 0 Å². The Labute approximate surface area is 78.0 Å². The molecule has 0 aromatic heterocycles. The van der Waals surface area contributed by atoms with E-state index in [1.807, 2.05) is 18.2 Å². The number of hydrogen-bond donors (Lipinski definition) is 1. The summed E-state index contributed by atoms with van der Waals surface area (Å²) in [6.07, 6.45) is 2.12. The van der Waals surface area contributed by atoms with Crippen LogP contribution in [0.15, 0.2) is 47.1 Å². The Morgan fingerprint density at radius 3 is 2.69 bits per heavy atom. The van der Waals surface area contributed by atoms with Crippen molar-refractivity contribution >= 4 is 5.71 Å². The lowest BCUT2D eigenvalue weighted by atomic mass is 10.1. The molecule has 1 aromatic carbocycles. The van der Waals surface area contributed by atoms with Crippen molar-refractivity contribution in [3.63, 3.8) is 0 Å². The van der Waals surface area contributed by atoms with Crippen LogP contribution in [0.2, 0.25) is 0 Å². The van der Waals surface area contributed by atoms with Crippen molar-refractivity contribution in [2.24, 2.45) is 5.10 Å². The van der Waals surface area contributed by atoms with Crippen LogP contribution < -0.4 is 5.43 Å². The molecule has 0 fully saturated rings. The first-order chi connectivity index (χ1) is 6.36. The Kier molecular flexibility index (Phi) is 2.13. The molecule has 1 heterocycles. The zero-order valence-electron chi connectivity index (χ0n) is 7.62. The maximum absolute atomic E-state index is 4.24. The van der Waals surface area contributed by atoms with Crippen LogP contribution in [0.4, 0.5) is 0 Å². The minimum Gasteiger partial charge on any atom is -0.305 e. The molecule has 0 unspecified atom stereocenters. The molecular weight excluding hydrogens is 160 g/mol. The lowest BCUT2D eigenvalue weighted by molar-refractivity contribution is 0.788. The van der Waals surface area contributed by atoms with Gasteiger partial charge in [-0.25, -0.2) is 0 Å². The number of nitrogens with one attached hydrogen (secondary N) is 1. The van der Waals surface area contributed by atoms with Gasteiger partial charge in [0.25, 0.3) is 0 Å². The molecular formula is C11H12N2. The molecule has 0 atom stereocenters. The van der Waals surface area contributed by atoms with Crippen molar-refractivity contribution in [2.75, 3.05) is 6.54 Å². The summed E-state index contributed by atoms with van der Waals surface area (Å²) in [6.45, 7) is 2.96. The van der Waals surface area contributed by atoms with Crippen LogP contribution in [0.25, 0.3) is 0 Å². The highest BCUT2D eigenvalue weighted by atomic mass is 15.3. The van der Waals surface area contributed by atoms with Gasteiger partial charge in [0.2, 0.25) is 0 Å². The van der Waals surface area contributed by atoms with E-state index in [0.29, 0.717) is 0 Å². The summed E-state index contributed by atoms with van der Waals surface area (Å²) < 4.78 is 0. The predicted octanol–water partition coefficient (Wildman–Crippen LogP) is 1.94. The summed E-state index contributed by atoms with van der Waals surface area (Å²) in [5.41, 5.74) is 6.50. The van der Waals surface area contributed by atoms with Gasteiger partial charge in [0.15, 0.2) is 0 Å². The van der Waals surface area contributed by atoms with Gasteiger partial charge < -0.3 is 5.43 Å². The fourth-order valence-corrected chi connectivity index (χ4v) is 1.32. The SMILES string of the molecule is CC1=CC(c2ccccc2)=NNC1. The van der Waals surface area contributed by atoms with Gasteiger partial charge in [-0.1, -0.05) is 35.9 Å². The molecule has 2 nitrogen and oxygen atoms in total. The van der Waals surface area contributed by atoms with Crippen LogP contribution in [-0.4, -0.2) is 12.3 Å². The van der Waals surface area contributed by atoms with Crippen LogP contribution in [0.1, 0.15) is 12.5 Å². The van der Waals surface area contributed by atoms with Gasteiger partial charge in [0.05, 0.1) is 12.3 Å². The van der Waals surface area contributed by atoms with E-state index in [1.165, 1.54) is 5.57 Å². The van der Waals surface area contributed by atoms with Crippen LogP contribution in [0.5, 0.6) is 0 Å². The lowest BCUT2D eigenvalue weighted by Gasteiger charge is -2.10. The van der Waals surface area contributed by atoms with Crippen molar-refractivity contribution in [1.29, 1.82) is 0 Å². The standard InChI is InChI=1S/C11H12N2/c1-9-7-11(13-12-8-9)10-5-3-2-4-6-10/h2-7,12H,8H2,1H3. The maximum Gasteiger partial charge on any atom is 0.0901 e. The first-order valence-corrected chi connectivity index (χ1v) is 4.39. The topological polar surface area (TPSA) is 24.4 Å². The fraction of sp³-hybridized carbons (Fsp3) is 0.182. The zero-order chi connectivity index (χ0) is 9.10. The normalized spacial score (nSPS) is 15.8. The van der Waals surface area contributed by atoms with Gasteiger partial charge in [-0.15, -0.1) is 0 Å². The molecule has 0 aliphatic carbocycles. The summed E-state index contributed by atoms with van der Waals surface area (Å²) in [6, 6.07) is 10.2. The van der Waals surface area contributed by atoms with Crippen LogP contribution in [0.3, 0.4) is 0 Å². The Balaban J connectivity index is 2.33. The quantitative estimate of drug-likeness (QED) is 0.687. The van der Waals surface area contributed by atoms with Crippen molar-refractivity contribution in [2.45, 2.75) is 6.92 Å². The number of benzene rings is 1. The average molecular weight is 172 g/mol. The monoisotopic (exact) mass is 172 g/mol. The summed E-state index contributed by atoms with van der Waals surface area (Å²) in [5.74, 6) is 0. The molecule has 2 heteroatoms. The molecule has 1 aliphatic rings. The molecule has 0 radical (unpaired) electrons. The second kappa shape index (κ2) is 3.44. The van der Waals surface area contributed by atoms with Crippen LogP contribution in [0, 0.1) is 0 Å². The average Bonchev–Trinajstić information content (AvgIpc) is 2.19. The number of hydrogen-bond acceptors (Lipinski definition) is 2. The van der Waals surface area contributed by atoms with E-state index in [9.17, 15) is 0 Å². The Bertz CT molecular complexity index is 350. The van der Waals surface area contributed by atoms with E-state index in [0.717, 1.165) is 17.8 Å². The third-order valence-electron chi connectivity index (χ3n) is 2.01. The molecule has 1 aliphatic heterocycles. The van der Waals surface area contributed by atoms with E-state index < -0.39 is 0 Å². The number of nitrogens with zero attached hydrogens (tertiary/aromatic N) is 1. The molecule has 0 saturated carbocycles. The summed E-state index contributed by atoms with van der Waals surface area (Å²) in [7, 11) is 0. The summed E-state index contributed by atoms with van der Waals surface area (Å²) in [5, 5.41) is 4.24. The van der Waals surface area contributed by atoms with Gasteiger partial charge >= 0.3 is 0 Å². The molecule has 2 rings (SSSR count). The Hall–Kier alpha value is -1.57. The van der Waals surface area contributed by atoms with Gasteiger partial charge in [-0.3, -0.25) is 0 Å². The molecule has 0 bridgehead atoms. The van der Waals surface area contributed by atoms with Crippen LogP contribution >= 0.6 is 0 Å². The third kappa shape index (κ3) is 1.78. The van der Waals surface area contributed by atoms with E-state index in [4.69, 9.17) is 0 Å². The minimum atomic E-state index is 0.857. The molecule has 0 amide bonds. The zero-order valence-corrected chi connectivity index (χ0v) is 7.62. The lowest BCUT2D eigenvalue weighted by Crippen LogP contribution is -2.18. The molecule has 1 N–H and O–H groups in total. The summed E-state index contributed by atoms with van der Waals surface area (Å²) >= 11 is 0. The minimum absolute atomic E-state index is 0.857. The third-order valence-corrected chi connectivity index (χ3v) is 2.01. The van der Waals surface area contributed by atoms with Crippen molar-refractivity contribution in [3.8, 4) is 0 Å². The van der Waals surface area contributed by atoms with Gasteiger partial charge in [0.1, 0.15) is 0 Å². The molecule has 1 aromatic rings. The molecule has 13 heavy (non-hydrogen) atoms. The Morgan fingerprint density at radius 2 is 2.00 bits per heavy atom. The number of rotatable bonds is 1. The van der Waals surface area contributed by atoms with E-state index in [1.54, 1.807) is 0 Å². The fourth-order valence-electron chi connectivity index (χ4n) is 1.32. The van der Waals surface area contributed by atoms with Crippen LogP contribution in [-0.2, 0) is 0 Å². The van der Waals surface area contributed by atoms with Gasteiger partial charge in [-0.2, -0.15) is 5.10 Å². The van der Waals surface area contributed by atoms with Gasteiger partial charge in [0, 0.05) is 5.56 Å². The first kappa shape index (κ1) is 8.05. The highest BCUT2D eigenvalue weighted by Crippen LogP contribution is 2.07. The maximum atomic E-state index is 4.24. The first-order valence-electron chi connectivity index (χ1n) is 4.39. The second-order valence-electron chi connectivity index (χ2n) is 3.19. The second-order valence-corrected chi connectivity index (χ2v) is 3.19. The smallest absolute Gasteiger partial charge is 0.0901 e. The van der Waals surface area contributed by atoms with E-state index in [2.05, 4.69) is 35.7 Å². The number of hydrazone groups is 1. The highest BCUT2D eigenvalue weighted by Gasteiger charge is 2.04. The van der Waals surface area contributed by atoms with E-state index in [-0.39, 0.29) is 0 Å². The highest BCUT2D eigenvalue weighted by molar-refractivity contribution is 6.09. The molecule has 0 spiro atoms. The van der Waals surface area contributed by atoms with E-state index >= 15 is 0 Å². The number of allylic oxidation sites excluding steroid dienone is 1. The van der Waals surface area contributed by atoms with Crippen molar-refractivity contribution in [1.82, 2.24) is 5.43 Å². The van der Waals surface area contributed by atoms with Crippen molar-refractivity contribution in [3.05, 3.63) is 47.5 Å².